The van der Waals surface area contributed by atoms with Crippen molar-refractivity contribution >= 4 is 10.1 Å². The van der Waals surface area contributed by atoms with Crippen molar-refractivity contribution in [3.63, 3.8) is 0 Å². The third-order valence-corrected chi connectivity index (χ3v) is 8.64. The van der Waals surface area contributed by atoms with E-state index in [1.165, 1.54) is 41.6 Å². The Morgan fingerprint density at radius 2 is 1.57 bits per heavy atom. The van der Waals surface area contributed by atoms with Crippen LogP contribution in [0, 0.1) is 5.41 Å². The lowest BCUT2D eigenvalue weighted by molar-refractivity contribution is -0.143. The predicted molar refractivity (Wildman–Crippen MR) is 151 cm³/mol. The molecule has 44 heavy (non-hydrogen) atoms. The molecule has 1 heterocycles. The Labute approximate surface area is 252 Å². The maximum atomic E-state index is 13.6. The van der Waals surface area contributed by atoms with Crippen LogP contribution < -0.4 is 4.74 Å². The molecule has 0 saturated heterocycles. The van der Waals surface area contributed by atoms with Gasteiger partial charge in [0.2, 0.25) is 0 Å². The molecule has 1 aromatic heterocycles. The first-order valence-electron chi connectivity index (χ1n) is 13.4. The van der Waals surface area contributed by atoms with Gasteiger partial charge in [0.05, 0.1) is 22.6 Å². The third-order valence-electron chi connectivity index (χ3n) is 7.31. The summed E-state index contributed by atoms with van der Waals surface area (Å²) < 4.78 is 120. The Morgan fingerprint density at radius 1 is 0.909 bits per heavy atom. The maximum Gasteiger partial charge on any atom is 0.419 e. The highest BCUT2D eigenvalue weighted by atomic mass is 32.2. The van der Waals surface area contributed by atoms with Crippen molar-refractivity contribution in [1.82, 2.24) is 14.8 Å². The standard InChI is InChI=1S/C30H33F6N3O4S/c1-6-27(39-21-37-20-38-39,28(7-2,26(3,4)5)43-44(40,41)23-13-9-8-10-14-23)17-11-12-18-42-25-16-15-22(29(31,32)33)19-24(25)30(34,35)36/h6-10,13-16,19-21H,1-2,11-12,17-18H2,3-5H3. The molecule has 2 atom stereocenters. The molecular weight excluding hydrogens is 612 g/mol. The van der Waals surface area contributed by atoms with E-state index in [-0.39, 0.29) is 36.8 Å². The van der Waals surface area contributed by atoms with Gasteiger partial charge in [-0.15, -0.1) is 13.2 Å². The molecule has 2 unspecified atom stereocenters. The molecule has 240 valence electrons. The van der Waals surface area contributed by atoms with Crippen molar-refractivity contribution in [2.45, 2.75) is 68.4 Å². The second kappa shape index (κ2) is 12.8. The lowest BCUT2D eigenvalue weighted by Gasteiger charge is -2.53. The molecule has 0 saturated carbocycles. The Kier molecular flexibility index (Phi) is 10.1. The minimum Gasteiger partial charge on any atom is -0.493 e. The predicted octanol–water partition coefficient (Wildman–Crippen LogP) is 7.82. The van der Waals surface area contributed by atoms with Crippen molar-refractivity contribution in [2.75, 3.05) is 6.61 Å². The van der Waals surface area contributed by atoms with Crippen molar-refractivity contribution < 1.29 is 43.7 Å². The van der Waals surface area contributed by atoms with Gasteiger partial charge in [-0.25, -0.2) is 9.67 Å². The summed E-state index contributed by atoms with van der Waals surface area (Å²) in [5, 5.41) is 4.27. The van der Waals surface area contributed by atoms with Crippen LogP contribution in [0.3, 0.4) is 0 Å². The fraction of sp³-hybridized carbons (Fsp3) is 0.400. The molecule has 2 aromatic carbocycles. The normalized spacial score (nSPS) is 15.7. The molecule has 0 aliphatic carbocycles. The van der Waals surface area contributed by atoms with Crippen LogP contribution in [-0.2, 0) is 32.2 Å². The molecule has 7 nitrogen and oxygen atoms in total. The molecule has 0 amide bonds. The first kappa shape index (κ1) is 34.8. The number of hydrogen-bond acceptors (Lipinski definition) is 6. The van der Waals surface area contributed by atoms with E-state index in [4.69, 9.17) is 8.92 Å². The van der Waals surface area contributed by atoms with Crippen molar-refractivity contribution in [3.05, 3.63) is 97.6 Å². The summed E-state index contributed by atoms with van der Waals surface area (Å²) in [7, 11) is -4.39. The number of aromatic nitrogens is 3. The monoisotopic (exact) mass is 645 g/mol. The minimum atomic E-state index is -5.08. The average Bonchev–Trinajstić information content (AvgIpc) is 3.48. The highest BCUT2D eigenvalue weighted by Gasteiger charge is 2.60. The highest BCUT2D eigenvalue weighted by Crippen LogP contribution is 2.51. The summed E-state index contributed by atoms with van der Waals surface area (Å²) >= 11 is 0. The Hall–Kier alpha value is -3.65. The number of unbranched alkanes of at least 4 members (excludes halogenated alkanes) is 1. The van der Waals surface area contributed by atoms with E-state index in [9.17, 15) is 34.8 Å². The van der Waals surface area contributed by atoms with Crippen LogP contribution in [0.5, 0.6) is 5.75 Å². The van der Waals surface area contributed by atoms with Crippen LogP contribution >= 0.6 is 0 Å². The molecule has 0 N–H and O–H groups in total. The van der Waals surface area contributed by atoms with Gasteiger partial charge in [0.1, 0.15) is 29.5 Å². The Morgan fingerprint density at radius 3 is 2.07 bits per heavy atom. The van der Waals surface area contributed by atoms with Gasteiger partial charge in [-0.2, -0.15) is 39.9 Å². The molecule has 0 aliphatic rings. The van der Waals surface area contributed by atoms with E-state index in [1.807, 2.05) is 0 Å². The van der Waals surface area contributed by atoms with Gasteiger partial charge in [-0.3, -0.25) is 4.18 Å². The zero-order valence-corrected chi connectivity index (χ0v) is 25.1. The van der Waals surface area contributed by atoms with Gasteiger partial charge in [0.15, 0.2) is 0 Å². The second-order valence-electron chi connectivity index (χ2n) is 11.0. The Balaban J connectivity index is 1.95. The van der Waals surface area contributed by atoms with Gasteiger partial charge in [-0.1, -0.05) is 51.1 Å². The third kappa shape index (κ3) is 7.01. The summed E-state index contributed by atoms with van der Waals surface area (Å²) in [6.45, 7) is 12.9. The highest BCUT2D eigenvalue weighted by molar-refractivity contribution is 7.86. The summed E-state index contributed by atoms with van der Waals surface area (Å²) in [5.41, 5.74) is -7.16. The number of hydrogen-bond donors (Lipinski definition) is 0. The first-order valence-corrected chi connectivity index (χ1v) is 14.8. The van der Waals surface area contributed by atoms with E-state index >= 15 is 0 Å². The lowest BCUT2D eigenvalue weighted by atomic mass is 9.63. The summed E-state index contributed by atoms with van der Waals surface area (Å²) in [6, 6.07) is 8.66. The molecule has 0 bridgehead atoms. The fourth-order valence-corrected chi connectivity index (χ4v) is 6.53. The molecule has 14 heteroatoms. The van der Waals surface area contributed by atoms with Gasteiger partial charge in [0, 0.05) is 0 Å². The zero-order chi connectivity index (χ0) is 33.0. The van der Waals surface area contributed by atoms with E-state index in [2.05, 4.69) is 23.2 Å². The van der Waals surface area contributed by atoms with E-state index < -0.39 is 55.9 Å². The summed E-state index contributed by atoms with van der Waals surface area (Å²) in [4.78, 5) is 3.92. The van der Waals surface area contributed by atoms with Crippen LogP contribution in [0.2, 0.25) is 0 Å². The smallest absolute Gasteiger partial charge is 0.419 e. The van der Waals surface area contributed by atoms with E-state index in [0.29, 0.717) is 12.1 Å². The quantitative estimate of drug-likeness (QED) is 0.0816. The van der Waals surface area contributed by atoms with Crippen molar-refractivity contribution in [2.24, 2.45) is 5.41 Å². The summed E-state index contributed by atoms with van der Waals surface area (Å²) in [6.07, 6.45) is -4.21. The zero-order valence-electron chi connectivity index (χ0n) is 24.3. The fourth-order valence-electron chi connectivity index (χ4n) is 5.14. The van der Waals surface area contributed by atoms with E-state index in [0.717, 1.165) is 0 Å². The van der Waals surface area contributed by atoms with Crippen LogP contribution in [0.15, 0.2) is 91.4 Å². The van der Waals surface area contributed by atoms with E-state index in [1.54, 1.807) is 39.0 Å². The lowest BCUT2D eigenvalue weighted by Crippen LogP contribution is -2.62. The second-order valence-corrected chi connectivity index (χ2v) is 12.6. The number of halogens is 6. The van der Waals surface area contributed by atoms with Crippen LogP contribution in [0.1, 0.15) is 51.2 Å². The van der Waals surface area contributed by atoms with Gasteiger partial charge < -0.3 is 4.74 Å². The average molecular weight is 646 g/mol. The number of benzene rings is 2. The number of ether oxygens (including phenoxy) is 1. The number of nitrogens with zero attached hydrogens (tertiary/aromatic N) is 3. The molecule has 0 spiro atoms. The molecule has 3 rings (SSSR count). The van der Waals surface area contributed by atoms with Crippen LogP contribution in [0.25, 0.3) is 0 Å². The largest absolute Gasteiger partial charge is 0.493 e. The molecule has 3 aromatic rings. The van der Waals surface area contributed by atoms with Crippen molar-refractivity contribution in [3.8, 4) is 5.75 Å². The van der Waals surface area contributed by atoms with Gasteiger partial charge in [-0.05, 0) is 55.0 Å². The Bertz CT molecular complexity index is 1540. The van der Waals surface area contributed by atoms with Gasteiger partial charge in [0.25, 0.3) is 10.1 Å². The SMILES string of the molecule is C=CC(CCCCOc1ccc(C(F)(F)F)cc1C(F)(F)F)(n1cncn1)C(C=C)(OS(=O)(=O)c1ccccc1)C(C)(C)C. The van der Waals surface area contributed by atoms with Crippen molar-refractivity contribution in [1.29, 1.82) is 0 Å². The maximum absolute atomic E-state index is 13.6. The van der Waals surface area contributed by atoms with Crippen LogP contribution in [-0.4, -0.2) is 35.4 Å². The number of rotatable bonds is 13. The topological polar surface area (TPSA) is 83.3 Å². The van der Waals surface area contributed by atoms with Crippen LogP contribution in [0.4, 0.5) is 26.3 Å². The molecule has 0 fully saturated rings. The van der Waals surface area contributed by atoms with Gasteiger partial charge >= 0.3 is 12.4 Å². The summed E-state index contributed by atoms with van der Waals surface area (Å²) in [5.74, 6) is -0.746. The molecule has 0 aliphatic heterocycles. The first-order chi connectivity index (χ1) is 20.3. The minimum absolute atomic E-state index is 0.00899. The molecule has 0 radical (unpaired) electrons. The number of alkyl halides is 6. The molecular formula is C30H33F6N3O4S.